The van der Waals surface area contributed by atoms with Crippen LogP contribution in [0, 0.1) is 0 Å². The third kappa shape index (κ3) is 5.42. The predicted octanol–water partition coefficient (Wildman–Crippen LogP) is 14.8. The van der Waals surface area contributed by atoms with Crippen molar-refractivity contribution in [1.82, 2.24) is 0 Å². The molecule has 0 unspecified atom stereocenters. The highest BCUT2D eigenvalue weighted by molar-refractivity contribution is 7.26. The predicted molar refractivity (Wildman–Crippen MR) is 225 cm³/mol. The van der Waals surface area contributed by atoms with Gasteiger partial charge in [0.05, 0.1) is 10.4 Å². The van der Waals surface area contributed by atoms with Gasteiger partial charge in [0.25, 0.3) is 0 Å². The molecular weight excluding hydrogens is 647 g/mol. The smallest absolute Gasteiger partial charge is 0.0640 e. The molecule has 0 aliphatic heterocycles. The first kappa shape index (κ1) is 30.4. The average molecular weight is 680 g/mol. The van der Waals surface area contributed by atoms with Crippen LogP contribution in [0.4, 0.5) is 17.1 Å². The van der Waals surface area contributed by atoms with Crippen molar-refractivity contribution < 1.29 is 0 Å². The van der Waals surface area contributed by atoms with E-state index >= 15 is 0 Å². The molecule has 52 heavy (non-hydrogen) atoms. The van der Waals surface area contributed by atoms with E-state index in [1.165, 1.54) is 80.8 Å². The normalized spacial score (nSPS) is 11.5. The Morgan fingerprint density at radius 2 is 0.788 bits per heavy atom. The van der Waals surface area contributed by atoms with Gasteiger partial charge in [0, 0.05) is 26.8 Å². The van der Waals surface area contributed by atoms with E-state index in [-0.39, 0.29) is 0 Å². The molecule has 0 bridgehead atoms. The quantitative estimate of drug-likeness (QED) is 0.169. The van der Waals surface area contributed by atoms with E-state index < -0.39 is 0 Å². The van der Waals surface area contributed by atoms with Crippen LogP contribution >= 0.6 is 11.3 Å². The average Bonchev–Trinajstić information content (AvgIpc) is 3.61. The van der Waals surface area contributed by atoms with E-state index in [0.717, 1.165) is 11.4 Å². The first-order valence-corrected chi connectivity index (χ1v) is 18.6. The summed E-state index contributed by atoms with van der Waals surface area (Å²) in [6.07, 6.45) is 0. The van der Waals surface area contributed by atoms with Crippen LogP contribution in [0.3, 0.4) is 0 Å². The topological polar surface area (TPSA) is 3.24 Å². The van der Waals surface area contributed by atoms with E-state index in [4.69, 9.17) is 0 Å². The summed E-state index contributed by atoms with van der Waals surface area (Å²) in [7, 11) is 0. The van der Waals surface area contributed by atoms with Gasteiger partial charge in [-0.15, -0.1) is 11.3 Å². The molecule has 1 heterocycles. The minimum absolute atomic E-state index is 1.12. The van der Waals surface area contributed by atoms with Gasteiger partial charge in [0.2, 0.25) is 0 Å². The fourth-order valence-corrected chi connectivity index (χ4v) is 8.75. The fourth-order valence-electron chi connectivity index (χ4n) is 7.55. The molecule has 0 aliphatic rings. The van der Waals surface area contributed by atoms with Crippen molar-refractivity contribution in [2.45, 2.75) is 0 Å². The first-order valence-electron chi connectivity index (χ1n) is 17.7. The Hall–Kier alpha value is -6.48. The van der Waals surface area contributed by atoms with Crippen molar-refractivity contribution in [2.24, 2.45) is 0 Å². The molecule has 0 radical (unpaired) electrons. The van der Waals surface area contributed by atoms with Gasteiger partial charge in [-0.2, -0.15) is 0 Å². The van der Waals surface area contributed by atoms with Gasteiger partial charge < -0.3 is 4.90 Å². The standard InChI is InChI=1S/C50H33NS/c1-2-9-34(10-3-1)41-21-18-38-19-22-42(33-43(38)32-41)37-25-29-45(30-26-37)51(48-15-8-14-47-46-13-6-7-16-49(46)52-50(47)48)44-27-23-36(24-28-44)40-20-17-35-11-4-5-12-39(35)31-40/h1-33H. The van der Waals surface area contributed by atoms with Gasteiger partial charge in [-0.05, 0) is 110 Å². The molecular formula is C50H33NS. The fraction of sp³-hybridized carbons (Fsp3) is 0. The number of thiophene rings is 1. The minimum atomic E-state index is 1.12. The SMILES string of the molecule is c1ccc(-c2ccc3ccc(-c4ccc(N(c5ccc(-c6ccc7ccccc7c6)cc5)c5cccc6c5sc5ccccc56)cc4)cc3c2)cc1. The Balaban J connectivity index is 1.06. The second-order valence-electron chi connectivity index (χ2n) is 13.4. The van der Waals surface area contributed by atoms with Gasteiger partial charge in [-0.1, -0.05) is 146 Å². The zero-order valence-corrected chi connectivity index (χ0v) is 29.2. The van der Waals surface area contributed by atoms with Crippen LogP contribution in [0.2, 0.25) is 0 Å². The maximum Gasteiger partial charge on any atom is 0.0640 e. The van der Waals surface area contributed by atoms with Crippen molar-refractivity contribution in [1.29, 1.82) is 0 Å². The third-order valence-electron chi connectivity index (χ3n) is 10.2. The Labute approximate surface area is 307 Å². The highest BCUT2D eigenvalue weighted by Gasteiger charge is 2.18. The summed E-state index contributed by atoms with van der Waals surface area (Å²) in [5, 5.41) is 7.60. The van der Waals surface area contributed by atoms with E-state index in [9.17, 15) is 0 Å². The Bertz CT molecular complexity index is 2890. The molecule has 0 fully saturated rings. The summed E-state index contributed by atoms with van der Waals surface area (Å²) in [6, 6.07) is 73.0. The molecule has 0 aliphatic carbocycles. The maximum absolute atomic E-state index is 2.41. The molecule has 0 atom stereocenters. The highest BCUT2D eigenvalue weighted by Crippen LogP contribution is 2.45. The van der Waals surface area contributed by atoms with E-state index in [2.05, 4.69) is 205 Å². The molecule has 2 heteroatoms. The number of benzene rings is 9. The number of nitrogens with zero attached hydrogens (tertiary/aromatic N) is 1. The molecule has 1 nitrogen and oxygen atoms in total. The molecule has 9 aromatic carbocycles. The van der Waals surface area contributed by atoms with Crippen molar-refractivity contribution in [3.8, 4) is 33.4 Å². The van der Waals surface area contributed by atoms with Crippen LogP contribution in [-0.4, -0.2) is 0 Å². The monoisotopic (exact) mass is 679 g/mol. The van der Waals surface area contributed by atoms with Crippen molar-refractivity contribution in [2.75, 3.05) is 4.90 Å². The van der Waals surface area contributed by atoms with Gasteiger partial charge in [-0.3, -0.25) is 0 Å². The Morgan fingerprint density at radius 1 is 0.308 bits per heavy atom. The lowest BCUT2D eigenvalue weighted by molar-refractivity contribution is 1.30. The molecule has 0 saturated carbocycles. The Morgan fingerprint density at radius 3 is 1.44 bits per heavy atom. The van der Waals surface area contributed by atoms with Crippen LogP contribution in [0.1, 0.15) is 0 Å². The van der Waals surface area contributed by atoms with Crippen LogP contribution in [-0.2, 0) is 0 Å². The zero-order valence-electron chi connectivity index (χ0n) is 28.4. The van der Waals surface area contributed by atoms with E-state index in [0.29, 0.717) is 0 Å². The van der Waals surface area contributed by atoms with Crippen molar-refractivity contribution in [3.63, 3.8) is 0 Å². The summed E-state index contributed by atoms with van der Waals surface area (Å²) in [5.74, 6) is 0. The lowest BCUT2D eigenvalue weighted by atomic mass is 9.97. The number of hydrogen-bond donors (Lipinski definition) is 0. The molecule has 244 valence electrons. The summed E-state index contributed by atoms with van der Waals surface area (Å²) >= 11 is 1.87. The van der Waals surface area contributed by atoms with Crippen LogP contribution in [0.5, 0.6) is 0 Å². The lowest BCUT2D eigenvalue weighted by Crippen LogP contribution is -2.10. The first-order chi connectivity index (χ1) is 25.7. The second-order valence-corrected chi connectivity index (χ2v) is 14.4. The molecule has 10 rings (SSSR count). The Kier molecular flexibility index (Phi) is 7.41. The molecule has 10 aromatic rings. The second kappa shape index (κ2) is 12.7. The molecule has 0 amide bonds. The lowest BCUT2D eigenvalue weighted by Gasteiger charge is -2.26. The summed E-state index contributed by atoms with van der Waals surface area (Å²) in [6.45, 7) is 0. The molecule has 1 aromatic heterocycles. The summed E-state index contributed by atoms with van der Waals surface area (Å²) < 4.78 is 2.59. The largest absolute Gasteiger partial charge is 0.309 e. The summed E-state index contributed by atoms with van der Waals surface area (Å²) in [4.78, 5) is 2.41. The maximum atomic E-state index is 2.41. The number of anilines is 3. The molecule has 0 N–H and O–H groups in total. The van der Waals surface area contributed by atoms with Gasteiger partial charge in [0.15, 0.2) is 0 Å². The van der Waals surface area contributed by atoms with Crippen molar-refractivity contribution >= 4 is 70.1 Å². The summed E-state index contributed by atoms with van der Waals surface area (Å²) in [5.41, 5.74) is 10.7. The van der Waals surface area contributed by atoms with E-state index in [1.54, 1.807) is 0 Å². The number of rotatable bonds is 6. The number of fused-ring (bicyclic) bond motifs is 5. The minimum Gasteiger partial charge on any atom is -0.309 e. The van der Waals surface area contributed by atoms with Gasteiger partial charge in [-0.25, -0.2) is 0 Å². The third-order valence-corrected chi connectivity index (χ3v) is 11.4. The molecule has 0 saturated heterocycles. The van der Waals surface area contributed by atoms with Gasteiger partial charge >= 0.3 is 0 Å². The molecule has 0 spiro atoms. The zero-order chi connectivity index (χ0) is 34.4. The van der Waals surface area contributed by atoms with Gasteiger partial charge in [0.1, 0.15) is 0 Å². The number of hydrogen-bond acceptors (Lipinski definition) is 2. The van der Waals surface area contributed by atoms with Crippen LogP contribution in [0.15, 0.2) is 200 Å². The van der Waals surface area contributed by atoms with Crippen LogP contribution < -0.4 is 4.90 Å². The van der Waals surface area contributed by atoms with E-state index in [1.807, 2.05) is 11.3 Å². The van der Waals surface area contributed by atoms with Crippen LogP contribution in [0.25, 0.3) is 75.1 Å². The highest BCUT2D eigenvalue weighted by atomic mass is 32.1. The van der Waals surface area contributed by atoms with Crippen molar-refractivity contribution in [3.05, 3.63) is 200 Å².